The van der Waals surface area contributed by atoms with E-state index in [2.05, 4.69) is 4.99 Å². The lowest BCUT2D eigenvalue weighted by Gasteiger charge is -2.22. The number of unbranched alkanes of at least 4 members (excludes halogenated alkanes) is 2. The summed E-state index contributed by atoms with van der Waals surface area (Å²) in [5.74, 6) is 0.300. The van der Waals surface area contributed by atoms with Gasteiger partial charge in [0.25, 0.3) is 5.91 Å². The molecular weight excluding hydrogens is 510 g/mol. The number of thiazole rings is 1. The standard InChI is InChI=1S/C27H37N3O5S2/c1-5-8-16-29(17-9-6-2)37(32,33)23-13-10-21(11-14-23)26(31)28-27-30(18-19-35-7-3)24-15-12-22(34-4)20-25(24)36-27/h10-15,20H,5-9,16-19H2,1-4H3. The number of carbonyl (C=O) groups excluding carboxylic acids is 1. The molecule has 2 aromatic carbocycles. The summed E-state index contributed by atoms with van der Waals surface area (Å²) in [5, 5.41) is 0. The van der Waals surface area contributed by atoms with Crippen LogP contribution in [0.4, 0.5) is 0 Å². The lowest BCUT2D eigenvalue weighted by molar-refractivity contribution is 0.0996. The summed E-state index contributed by atoms with van der Waals surface area (Å²) in [5.41, 5.74) is 1.27. The normalized spacial score (nSPS) is 12.5. The summed E-state index contributed by atoms with van der Waals surface area (Å²) >= 11 is 1.40. The Bertz CT molecular complexity index is 1340. The van der Waals surface area contributed by atoms with Crippen LogP contribution < -0.4 is 9.54 Å². The van der Waals surface area contributed by atoms with Crippen molar-refractivity contribution in [1.82, 2.24) is 8.87 Å². The van der Waals surface area contributed by atoms with Crippen LogP contribution in [0.5, 0.6) is 5.75 Å². The molecule has 202 valence electrons. The monoisotopic (exact) mass is 547 g/mol. The van der Waals surface area contributed by atoms with Crippen LogP contribution in [-0.4, -0.2) is 56.6 Å². The Labute approximate surface area is 223 Å². The third-order valence-corrected chi connectivity index (χ3v) is 8.97. The van der Waals surface area contributed by atoms with E-state index in [1.165, 1.54) is 35.6 Å². The van der Waals surface area contributed by atoms with Gasteiger partial charge in [-0.2, -0.15) is 9.30 Å². The Morgan fingerprint density at radius 2 is 1.70 bits per heavy atom. The second-order valence-corrected chi connectivity index (χ2v) is 11.6. The smallest absolute Gasteiger partial charge is 0.279 e. The molecule has 0 atom stereocenters. The number of rotatable bonds is 14. The van der Waals surface area contributed by atoms with Gasteiger partial charge < -0.3 is 14.0 Å². The zero-order valence-corrected chi connectivity index (χ0v) is 23.7. The second-order valence-electron chi connectivity index (χ2n) is 8.62. The van der Waals surface area contributed by atoms with Crippen molar-refractivity contribution in [2.75, 3.05) is 33.4 Å². The number of hydrogen-bond acceptors (Lipinski definition) is 6. The van der Waals surface area contributed by atoms with E-state index in [1.54, 1.807) is 11.4 Å². The molecule has 1 amide bonds. The van der Waals surface area contributed by atoms with E-state index in [0.29, 0.717) is 43.2 Å². The second kappa shape index (κ2) is 13.9. The van der Waals surface area contributed by atoms with Crippen molar-refractivity contribution in [2.24, 2.45) is 4.99 Å². The van der Waals surface area contributed by atoms with Crippen LogP contribution in [0.15, 0.2) is 52.4 Å². The zero-order valence-electron chi connectivity index (χ0n) is 22.1. The molecule has 3 aromatic rings. The molecule has 0 aliphatic heterocycles. The van der Waals surface area contributed by atoms with Crippen LogP contribution in [-0.2, 0) is 21.3 Å². The first-order valence-corrected chi connectivity index (χ1v) is 15.1. The minimum atomic E-state index is -3.63. The quantitative estimate of drug-likeness (QED) is 0.263. The van der Waals surface area contributed by atoms with Gasteiger partial charge in [0.05, 0.1) is 28.8 Å². The average molecular weight is 548 g/mol. The number of ether oxygens (including phenoxy) is 2. The molecule has 0 aliphatic carbocycles. The Morgan fingerprint density at radius 1 is 1.03 bits per heavy atom. The van der Waals surface area contributed by atoms with Crippen LogP contribution >= 0.6 is 11.3 Å². The molecule has 1 heterocycles. The molecule has 37 heavy (non-hydrogen) atoms. The molecular formula is C27H37N3O5S2. The van der Waals surface area contributed by atoms with Crippen molar-refractivity contribution in [3.8, 4) is 5.75 Å². The fourth-order valence-corrected chi connectivity index (χ4v) is 6.47. The number of amides is 1. The zero-order chi connectivity index (χ0) is 26.8. The summed E-state index contributed by atoms with van der Waals surface area (Å²) in [6.07, 6.45) is 3.45. The van der Waals surface area contributed by atoms with Gasteiger partial charge in [-0.1, -0.05) is 38.0 Å². The van der Waals surface area contributed by atoms with Gasteiger partial charge in [-0.25, -0.2) is 8.42 Å². The highest BCUT2D eigenvalue weighted by molar-refractivity contribution is 7.89. The summed E-state index contributed by atoms with van der Waals surface area (Å²) in [6, 6.07) is 11.8. The van der Waals surface area contributed by atoms with E-state index in [1.807, 2.05) is 43.5 Å². The van der Waals surface area contributed by atoms with Gasteiger partial charge in [0, 0.05) is 31.8 Å². The summed E-state index contributed by atoms with van der Waals surface area (Å²) < 4.78 is 41.8. The van der Waals surface area contributed by atoms with Crippen molar-refractivity contribution in [3.05, 3.63) is 52.8 Å². The Morgan fingerprint density at radius 3 is 2.30 bits per heavy atom. The summed E-state index contributed by atoms with van der Waals surface area (Å²) in [7, 11) is -2.01. The molecule has 0 unspecified atom stereocenters. The molecule has 3 rings (SSSR count). The lowest BCUT2D eigenvalue weighted by atomic mass is 10.2. The van der Waals surface area contributed by atoms with Gasteiger partial charge >= 0.3 is 0 Å². The summed E-state index contributed by atoms with van der Waals surface area (Å²) in [4.78, 5) is 18.2. The van der Waals surface area contributed by atoms with Crippen LogP contribution in [0, 0.1) is 0 Å². The third-order valence-electron chi connectivity index (χ3n) is 6.01. The van der Waals surface area contributed by atoms with E-state index in [9.17, 15) is 13.2 Å². The fraction of sp³-hybridized carbons (Fsp3) is 0.481. The van der Waals surface area contributed by atoms with E-state index in [4.69, 9.17) is 9.47 Å². The van der Waals surface area contributed by atoms with Crippen molar-refractivity contribution in [3.63, 3.8) is 0 Å². The number of methoxy groups -OCH3 is 1. The molecule has 0 spiro atoms. The van der Waals surface area contributed by atoms with Crippen LogP contribution in [0.2, 0.25) is 0 Å². The summed E-state index contributed by atoms with van der Waals surface area (Å²) in [6.45, 7) is 8.66. The van der Waals surface area contributed by atoms with Gasteiger partial charge in [-0.3, -0.25) is 4.79 Å². The highest BCUT2D eigenvalue weighted by Gasteiger charge is 2.23. The topological polar surface area (TPSA) is 90.2 Å². The molecule has 0 aliphatic rings. The van der Waals surface area contributed by atoms with Crippen LogP contribution in [0.1, 0.15) is 56.8 Å². The maximum absolute atomic E-state index is 13.2. The first-order valence-electron chi connectivity index (χ1n) is 12.8. The van der Waals surface area contributed by atoms with Crippen molar-refractivity contribution < 1.29 is 22.7 Å². The molecule has 0 radical (unpaired) electrons. The van der Waals surface area contributed by atoms with E-state index < -0.39 is 15.9 Å². The SMILES string of the molecule is CCCCN(CCCC)S(=O)(=O)c1ccc(C(=O)N=c2sc3cc(OC)ccc3n2CCOCC)cc1. The Balaban J connectivity index is 1.91. The number of carbonyl (C=O) groups is 1. The highest BCUT2D eigenvalue weighted by Crippen LogP contribution is 2.23. The molecule has 8 nitrogen and oxygen atoms in total. The van der Waals surface area contributed by atoms with Gasteiger partial charge in [0.2, 0.25) is 10.0 Å². The minimum Gasteiger partial charge on any atom is -0.497 e. The first-order chi connectivity index (χ1) is 17.8. The van der Waals surface area contributed by atoms with Gasteiger partial charge in [0.1, 0.15) is 5.75 Å². The molecule has 0 N–H and O–H groups in total. The number of hydrogen-bond donors (Lipinski definition) is 0. The van der Waals surface area contributed by atoms with Gasteiger partial charge in [-0.05, 0) is 62.2 Å². The van der Waals surface area contributed by atoms with Crippen LogP contribution in [0.3, 0.4) is 0 Å². The lowest BCUT2D eigenvalue weighted by Crippen LogP contribution is -2.33. The van der Waals surface area contributed by atoms with E-state index in [0.717, 1.165) is 41.6 Å². The number of benzene rings is 2. The number of fused-ring (bicyclic) bond motifs is 1. The predicted octanol–water partition coefficient (Wildman–Crippen LogP) is 5.08. The largest absolute Gasteiger partial charge is 0.497 e. The van der Waals surface area contributed by atoms with Crippen molar-refractivity contribution >= 4 is 37.5 Å². The number of nitrogens with zero attached hydrogens (tertiary/aromatic N) is 3. The van der Waals surface area contributed by atoms with Crippen molar-refractivity contribution in [2.45, 2.75) is 57.9 Å². The molecule has 0 saturated heterocycles. The minimum absolute atomic E-state index is 0.192. The van der Waals surface area contributed by atoms with E-state index in [-0.39, 0.29) is 4.90 Å². The van der Waals surface area contributed by atoms with Gasteiger partial charge in [0.15, 0.2) is 4.80 Å². The Kier molecular flexibility index (Phi) is 10.9. The molecule has 1 aromatic heterocycles. The molecule has 0 saturated carbocycles. The van der Waals surface area contributed by atoms with E-state index >= 15 is 0 Å². The van der Waals surface area contributed by atoms with Crippen molar-refractivity contribution in [1.29, 1.82) is 0 Å². The first kappa shape index (κ1) is 29.0. The highest BCUT2D eigenvalue weighted by atomic mass is 32.2. The molecule has 0 bridgehead atoms. The average Bonchev–Trinajstić information content (AvgIpc) is 3.24. The molecule has 10 heteroatoms. The molecule has 0 fully saturated rings. The maximum atomic E-state index is 13.2. The number of aromatic nitrogens is 1. The third kappa shape index (κ3) is 7.28. The predicted molar refractivity (Wildman–Crippen MR) is 148 cm³/mol. The number of sulfonamides is 1. The fourth-order valence-electron chi connectivity index (χ4n) is 3.87. The van der Waals surface area contributed by atoms with Crippen LogP contribution in [0.25, 0.3) is 10.2 Å². The maximum Gasteiger partial charge on any atom is 0.279 e. The Hall–Kier alpha value is -2.53. The van der Waals surface area contributed by atoms with Gasteiger partial charge in [-0.15, -0.1) is 0 Å².